The van der Waals surface area contributed by atoms with Gasteiger partial charge in [-0.2, -0.15) is 0 Å². The normalized spacial score (nSPS) is 17.8. The molecular formula is C21H20N4O2S. The zero-order chi connectivity index (χ0) is 19.7. The van der Waals surface area contributed by atoms with Crippen LogP contribution in [0, 0.1) is 0 Å². The summed E-state index contributed by atoms with van der Waals surface area (Å²) in [6, 6.07) is 16.6. The number of amidine groups is 2. The fraction of sp³-hybridized carbons (Fsp3) is 0.238. The minimum atomic E-state index is -0.599. The largest absolute Gasteiger partial charge is 0.353 e. The van der Waals surface area contributed by atoms with Crippen molar-refractivity contribution in [2.75, 3.05) is 5.75 Å². The predicted octanol–water partition coefficient (Wildman–Crippen LogP) is 3.28. The van der Waals surface area contributed by atoms with E-state index in [2.05, 4.69) is 10.3 Å². The number of nitrogens with one attached hydrogen (secondary N) is 1. The number of amides is 2. The van der Waals surface area contributed by atoms with Crippen LogP contribution >= 0.6 is 11.8 Å². The van der Waals surface area contributed by atoms with Gasteiger partial charge in [0.05, 0.1) is 11.4 Å². The topological polar surface area (TPSA) is 74.1 Å². The minimum absolute atomic E-state index is 0.0649. The van der Waals surface area contributed by atoms with E-state index in [-0.39, 0.29) is 23.6 Å². The summed E-state index contributed by atoms with van der Waals surface area (Å²) in [5.41, 5.74) is 2.42. The van der Waals surface area contributed by atoms with Crippen molar-refractivity contribution in [1.82, 2.24) is 10.2 Å². The first-order valence-corrected chi connectivity index (χ1v) is 10.1. The maximum absolute atomic E-state index is 13.2. The zero-order valence-electron chi connectivity index (χ0n) is 15.6. The lowest BCUT2D eigenvalue weighted by molar-refractivity contribution is -0.124. The molecule has 4 rings (SSSR count). The van der Waals surface area contributed by atoms with E-state index in [1.54, 1.807) is 4.90 Å². The van der Waals surface area contributed by atoms with E-state index in [0.29, 0.717) is 11.0 Å². The highest BCUT2D eigenvalue weighted by atomic mass is 32.2. The monoisotopic (exact) mass is 392 g/mol. The first-order valence-electron chi connectivity index (χ1n) is 9.11. The van der Waals surface area contributed by atoms with Gasteiger partial charge in [0, 0.05) is 11.6 Å². The standard InChI is InChI=1S/C21H20N4O2S/c1-13(2)22-17(26)12-28-21-23-16-11-7-6-10-15(16)19-24-18(20(27)25(19)21)14-8-4-3-5-9-14/h3-11,13,18H,12H2,1-2H3,(H,22,26). The summed E-state index contributed by atoms with van der Waals surface area (Å²) in [4.78, 5) is 36.2. The zero-order valence-corrected chi connectivity index (χ0v) is 16.4. The molecule has 28 heavy (non-hydrogen) atoms. The van der Waals surface area contributed by atoms with Crippen LogP contribution in [0.15, 0.2) is 64.6 Å². The molecule has 7 heteroatoms. The van der Waals surface area contributed by atoms with Gasteiger partial charge < -0.3 is 5.32 Å². The van der Waals surface area contributed by atoms with Crippen molar-refractivity contribution in [2.45, 2.75) is 25.9 Å². The Labute approximate surface area is 167 Å². The summed E-state index contributed by atoms with van der Waals surface area (Å²) in [7, 11) is 0. The molecule has 0 bridgehead atoms. The maximum Gasteiger partial charge on any atom is 0.263 e. The van der Waals surface area contributed by atoms with Gasteiger partial charge in [-0.05, 0) is 31.5 Å². The Bertz CT molecular complexity index is 985. The number of benzene rings is 2. The van der Waals surface area contributed by atoms with Crippen molar-refractivity contribution in [1.29, 1.82) is 0 Å². The number of hydrogen-bond donors (Lipinski definition) is 1. The molecule has 0 radical (unpaired) electrons. The molecule has 2 aromatic rings. The van der Waals surface area contributed by atoms with Crippen LogP contribution in [0.1, 0.15) is 31.0 Å². The average Bonchev–Trinajstić information content (AvgIpc) is 3.04. The third-order valence-corrected chi connectivity index (χ3v) is 5.31. The van der Waals surface area contributed by atoms with Crippen molar-refractivity contribution in [3.63, 3.8) is 0 Å². The fourth-order valence-electron chi connectivity index (χ4n) is 3.19. The van der Waals surface area contributed by atoms with Crippen LogP contribution in [0.3, 0.4) is 0 Å². The Kier molecular flexibility index (Phi) is 5.00. The Hall–Kier alpha value is -2.93. The number of rotatable bonds is 4. The molecule has 1 N–H and O–H groups in total. The summed E-state index contributed by atoms with van der Waals surface area (Å²) in [5.74, 6) is 0.542. The third-order valence-electron chi connectivity index (χ3n) is 4.37. The Morgan fingerprint density at radius 3 is 2.61 bits per heavy atom. The van der Waals surface area contributed by atoms with Crippen LogP contribution in [-0.4, -0.2) is 39.5 Å². The van der Waals surface area contributed by atoms with Crippen LogP contribution < -0.4 is 5.32 Å². The van der Waals surface area contributed by atoms with Gasteiger partial charge in [-0.25, -0.2) is 14.9 Å². The molecule has 2 aromatic carbocycles. The van der Waals surface area contributed by atoms with Crippen molar-refractivity contribution in [3.8, 4) is 0 Å². The number of hydrogen-bond acceptors (Lipinski definition) is 5. The van der Waals surface area contributed by atoms with Gasteiger partial charge >= 0.3 is 0 Å². The van der Waals surface area contributed by atoms with Gasteiger partial charge in [-0.15, -0.1) is 0 Å². The first-order chi connectivity index (χ1) is 13.5. The number of thioether (sulfide) groups is 1. The number of fused-ring (bicyclic) bond motifs is 3. The van der Waals surface area contributed by atoms with Crippen molar-refractivity contribution in [2.24, 2.45) is 9.98 Å². The summed E-state index contributed by atoms with van der Waals surface area (Å²) >= 11 is 1.25. The molecule has 2 amide bonds. The van der Waals surface area contributed by atoms with Gasteiger partial charge in [0.2, 0.25) is 5.91 Å². The van der Waals surface area contributed by atoms with E-state index in [1.807, 2.05) is 68.4 Å². The van der Waals surface area contributed by atoms with E-state index in [4.69, 9.17) is 4.99 Å². The Morgan fingerprint density at radius 2 is 1.86 bits per heavy atom. The van der Waals surface area contributed by atoms with E-state index in [0.717, 1.165) is 16.8 Å². The summed E-state index contributed by atoms with van der Waals surface area (Å²) in [6.45, 7) is 3.83. The number of aliphatic imine (C=N–C) groups is 2. The second kappa shape index (κ2) is 7.59. The van der Waals surface area contributed by atoms with Gasteiger partial charge in [-0.3, -0.25) is 9.59 Å². The molecule has 0 aliphatic carbocycles. The highest BCUT2D eigenvalue weighted by Gasteiger charge is 2.42. The van der Waals surface area contributed by atoms with Gasteiger partial charge in [0.25, 0.3) is 5.91 Å². The quantitative estimate of drug-likeness (QED) is 0.868. The van der Waals surface area contributed by atoms with Crippen LogP contribution in [0.4, 0.5) is 5.69 Å². The molecule has 2 aliphatic rings. The Morgan fingerprint density at radius 1 is 1.14 bits per heavy atom. The maximum atomic E-state index is 13.2. The number of carbonyl (C=O) groups is 2. The van der Waals surface area contributed by atoms with Crippen molar-refractivity contribution in [3.05, 3.63) is 65.7 Å². The van der Waals surface area contributed by atoms with E-state index >= 15 is 0 Å². The molecule has 1 unspecified atom stereocenters. The number of para-hydroxylation sites is 1. The molecular weight excluding hydrogens is 372 g/mol. The molecule has 2 heterocycles. The summed E-state index contributed by atoms with van der Waals surface area (Å²) < 4.78 is 0. The van der Waals surface area contributed by atoms with E-state index in [9.17, 15) is 9.59 Å². The minimum Gasteiger partial charge on any atom is -0.353 e. The molecule has 142 valence electrons. The second-order valence-electron chi connectivity index (χ2n) is 6.86. The molecule has 0 fully saturated rings. The molecule has 1 atom stereocenters. The van der Waals surface area contributed by atoms with Crippen molar-refractivity contribution >= 4 is 40.3 Å². The summed E-state index contributed by atoms with van der Waals surface area (Å²) in [5, 5.41) is 3.34. The number of carbonyl (C=O) groups excluding carboxylic acids is 2. The highest BCUT2D eigenvalue weighted by Crippen LogP contribution is 2.37. The van der Waals surface area contributed by atoms with Gasteiger partial charge in [-0.1, -0.05) is 54.2 Å². The third kappa shape index (κ3) is 3.45. The number of nitrogens with zero attached hydrogens (tertiary/aromatic N) is 3. The molecule has 0 aromatic heterocycles. The van der Waals surface area contributed by atoms with Crippen molar-refractivity contribution < 1.29 is 9.59 Å². The highest BCUT2D eigenvalue weighted by molar-refractivity contribution is 8.14. The van der Waals surface area contributed by atoms with E-state index in [1.165, 1.54) is 11.8 Å². The lowest BCUT2D eigenvalue weighted by atomic mass is 10.1. The van der Waals surface area contributed by atoms with Gasteiger partial charge in [0.1, 0.15) is 5.84 Å². The fourth-order valence-corrected chi connectivity index (χ4v) is 4.00. The predicted molar refractivity (Wildman–Crippen MR) is 112 cm³/mol. The SMILES string of the molecule is CC(C)NC(=O)CSC1=Nc2ccccc2C2=NC(c3ccccc3)C(=O)N12. The molecule has 6 nitrogen and oxygen atoms in total. The first kappa shape index (κ1) is 18.4. The Balaban J connectivity index is 1.68. The molecule has 0 saturated carbocycles. The van der Waals surface area contributed by atoms with Crippen LogP contribution in [0.5, 0.6) is 0 Å². The van der Waals surface area contributed by atoms with Crippen LogP contribution in [0.2, 0.25) is 0 Å². The molecule has 0 saturated heterocycles. The molecule has 2 aliphatic heterocycles. The average molecular weight is 392 g/mol. The van der Waals surface area contributed by atoms with Crippen LogP contribution in [-0.2, 0) is 9.59 Å². The molecule has 0 spiro atoms. The van der Waals surface area contributed by atoms with E-state index < -0.39 is 6.04 Å². The smallest absolute Gasteiger partial charge is 0.263 e. The summed E-state index contributed by atoms with van der Waals surface area (Å²) in [6.07, 6.45) is 0. The van der Waals surface area contributed by atoms with Crippen LogP contribution in [0.25, 0.3) is 0 Å². The van der Waals surface area contributed by atoms with Gasteiger partial charge in [0.15, 0.2) is 11.2 Å². The lowest BCUT2D eigenvalue weighted by Crippen LogP contribution is -2.40. The second-order valence-corrected chi connectivity index (χ2v) is 7.80. The lowest BCUT2D eigenvalue weighted by Gasteiger charge is -2.25.